The maximum absolute atomic E-state index is 13.1. The van der Waals surface area contributed by atoms with Gasteiger partial charge >= 0.3 is 7.82 Å². The summed E-state index contributed by atoms with van der Waals surface area (Å²) >= 11 is 0. The zero-order chi connectivity index (χ0) is 21.2. The van der Waals surface area contributed by atoms with Gasteiger partial charge in [0.05, 0.1) is 18.8 Å². The molecule has 3 rings (SSSR count). The SMILES string of the molecule is C=C1NC(=O)C=CN1[C@@H]1O[C@@H]2CO[P@](=O)(OCC(CCC)CCC)O[C@H]2[C@@]1(C)N. The van der Waals surface area contributed by atoms with Gasteiger partial charge in [-0.3, -0.25) is 18.4 Å². The molecular weight excluding hydrogens is 397 g/mol. The number of nitrogens with two attached hydrogens (primary N) is 1. The summed E-state index contributed by atoms with van der Waals surface area (Å²) in [6, 6.07) is 0. The third kappa shape index (κ3) is 4.76. The van der Waals surface area contributed by atoms with E-state index in [1.807, 2.05) is 0 Å². The monoisotopic (exact) mass is 429 g/mol. The van der Waals surface area contributed by atoms with Crippen LogP contribution in [0.2, 0.25) is 0 Å². The minimum absolute atomic E-state index is 0.0495. The van der Waals surface area contributed by atoms with Crippen LogP contribution in [0.15, 0.2) is 24.7 Å². The molecule has 3 aliphatic rings. The van der Waals surface area contributed by atoms with E-state index in [-0.39, 0.29) is 12.5 Å². The van der Waals surface area contributed by atoms with E-state index in [1.165, 1.54) is 6.08 Å². The average molecular weight is 429 g/mol. The van der Waals surface area contributed by atoms with Crippen molar-refractivity contribution in [2.45, 2.75) is 70.4 Å². The van der Waals surface area contributed by atoms with E-state index in [0.717, 1.165) is 25.7 Å². The van der Waals surface area contributed by atoms with Crippen LogP contribution in [-0.4, -0.2) is 48.0 Å². The Balaban J connectivity index is 1.69. The lowest BCUT2D eigenvalue weighted by atomic mass is 9.93. The van der Waals surface area contributed by atoms with E-state index in [9.17, 15) is 9.36 Å². The summed E-state index contributed by atoms with van der Waals surface area (Å²) in [6.45, 7) is 10.2. The van der Waals surface area contributed by atoms with Gasteiger partial charge in [0.25, 0.3) is 5.91 Å². The molecule has 0 aromatic heterocycles. The van der Waals surface area contributed by atoms with Gasteiger partial charge in [-0.1, -0.05) is 33.3 Å². The zero-order valence-electron chi connectivity index (χ0n) is 17.3. The molecule has 0 aromatic rings. The van der Waals surface area contributed by atoms with Crippen LogP contribution >= 0.6 is 7.82 Å². The fourth-order valence-corrected chi connectivity index (χ4v) is 5.59. The number of nitrogens with one attached hydrogen (secondary N) is 1. The second kappa shape index (κ2) is 8.88. The molecule has 0 saturated carbocycles. The molecule has 9 nitrogen and oxygen atoms in total. The topological polar surface area (TPSA) is 112 Å². The van der Waals surface area contributed by atoms with Crippen molar-refractivity contribution in [1.82, 2.24) is 10.2 Å². The lowest BCUT2D eigenvalue weighted by Gasteiger charge is -2.39. The molecule has 0 bridgehead atoms. The van der Waals surface area contributed by atoms with Crippen molar-refractivity contribution in [3.63, 3.8) is 0 Å². The number of amides is 1. The van der Waals surface area contributed by atoms with Crippen LogP contribution in [-0.2, 0) is 27.7 Å². The maximum atomic E-state index is 13.1. The number of hydrogen-bond donors (Lipinski definition) is 2. The van der Waals surface area contributed by atoms with Gasteiger partial charge in [0.15, 0.2) is 6.23 Å². The van der Waals surface area contributed by atoms with Crippen molar-refractivity contribution >= 4 is 13.7 Å². The van der Waals surface area contributed by atoms with E-state index in [4.69, 9.17) is 24.0 Å². The highest BCUT2D eigenvalue weighted by atomic mass is 31.2. The van der Waals surface area contributed by atoms with Gasteiger partial charge in [-0.25, -0.2) is 4.57 Å². The van der Waals surface area contributed by atoms with Crippen molar-refractivity contribution in [3.8, 4) is 0 Å². The normalized spacial score (nSPS) is 37.1. The first-order valence-electron chi connectivity index (χ1n) is 10.2. The number of phosphoric ester groups is 1. The molecule has 2 saturated heterocycles. The van der Waals surface area contributed by atoms with Crippen LogP contribution < -0.4 is 11.1 Å². The molecule has 1 amide bonds. The molecule has 0 unspecified atom stereocenters. The Morgan fingerprint density at radius 3 is 2.76 bits per heavy atom. The third-order valence-electron chi connectivity index (χ3n) is 5.51. The van der Waals surface area contributed by atoms with E-state index in [1.54, 1.807) is 18.0 Å². The Morgan fingerprint density at radius 2 is 2.14 bits per heavy atom. The zero-order valence-corrected chi connectivity index (χ0v) is 18.2. The van der Waals surface area contributed by atoms with Crippen molar-refractivity contribution < 1.29 is 27.7 Å². The lowest BCUT2D eigenvalue weighted by Crippen LogP contribution is -2.60. The first-order valence-corrected chi connectivity index (χ1v) is 11.6. The van der Waals surface area contributed by atoms with Crippen molar-refractivity contribution in [3.05, 3.63) is 24.7 Å². The van der Waals surface area contributed by atoms with Crippen LogP contribution in [0, 0.1) is 5.92 Å². The molecule has 3 aliphatic heterocycles. The fraction of sp³-hybridized carbons (Fsp3) is 0.737. The Kier molecular flexibility index (Phi) is 6.88. The average Bonchev–Trinajstić information content (AvgIpc) is 2.91. The highest BCUT2D eigenvalue weighted by Gasteiger charge is 2.60. The Labute approximate surface area is 172 Å². The van der Waals surface area contributed by atoms with Gasteiger partial charge < -0.3 is 20.7 Å². The lowest BCUT2D eigenvalue weighted by molar-refractivity contribution is -0.118. The summed E-state index contributed by atoms with van der Waals surface area (Å²) < 4.78 is 36.0. The molecular formula is C19H32N3O6P. The standard InChI is InChI=1S/C19H32N3O6P/c1-5-7-14(8-6-2)11-25-29(24)26-12-15-17(28-29)19(4,20)18(27-15)22-10-9-16(23)21-13(22)3/h9-10,14-15,17-18H,3,5-8,11-12,20H2,1-2,4H3,(H,21,23)/t15-,17-,18-,19-,29+/m1/s1. The molecule has 3 N–H and O–H groups in total. The van der Waals surface area contributed by atoms with Crippen LogP contribution in [0.5, 0.6) is 0 Å². The summed E-state index contributed by atoms with van der Waals surface area (Å²) in [5.41, 5.74) is 5.52. The second-order valence-electron chi connectivity index (χ2n) is 8.06. The quantitative estimate of drug-likeness (QED) is 0.566. The second-order valence-corrected chi connectivity index (χ2v) is 9.68. The maximum Gasteiger partial charge on any atom is 0.475 e. The molecule has 2 fully saturated rings. The first-order chi connectivity index (χ1) is 13.7. The summed E-state index contributed by atoms with van der Waals surface area (Å²) in [5.74, 6) is 0.384. The van der Waals surface area contributed by atoms with Gasteiger partial charge in [0.2, 0.25) is 0 Å². The highest BCUT2D eigenvalue weighted by Crippen LogP contribution is 2.57. The van der Waals surface area contributed by atoms with Gasteiger partial charge in [-0.05, 0) is 25.7 Å². The summed E-state index contributed by atoms with van der Waals surface area (Å²) in [7, 11) is -3.75. The Morgan fingerprint density at radius 1 is 1.45 bits per heavy atom. The van der Waals surface area contributed by atoms with Gasteiger partial charge in [0, 0.05) is 12.3 Å². The summed E-state index contributed by atoms with van der Waals surface area (Å²) in [6.07, 6.45) is 5.10. The van der Waals surface area contributed by atoms with Gasteiger partial charge in [0.1, 0.15) is 18.0 Å². The number of carbonyl (C=O) groups excluding carboxylic acids is 1. The van der Waals surface area contributed by atoms with Crippen molar-refractivity contribution in [2.24, 2.45) is 11.7 Å². The van der Waals surface area contributed by atoms with Gasteiger partial charge in [-0.2, -0.15) is 0 Å². The van der Waals surface area contributed by atoms with Crippen LogP contribution in [0.4, 0.5) is 0 Å². The molecule has 5 atom stereocenters. The molecule has 0 radical (unpaired) electrons. The molecule has 0 aromatic carbocycles. The van der Waals surface area contributed by atoms with Crippen LogP contribution in [0.3, 0.4) is 0 Å². The molecule has 10 heteroatoms. The van der Waals surface area contributed by atoms with Gasteiger partial charge in [-0.15, -0.1) is 0 Å². The van der Waals surface area contributed by atoms with Crippen LogP contribution in [0.25, 0.3) is 0 Å². The van der Waals surface area contributed by atoms with Crippen LogP contribution in [0.1, 0.15) is 46.5 Å². The number of rotatable bonds is 8. The number of carbonyl (C=O) groups is 1. The first kappa shape index (κ1) is 22.5. The fourth-order valence-electron chi connectivity index (χ4n) is 4.03. The Bertz CT molecular complexity index is 706. The summed E-state index contributed by atoms with van der Waals surface area (Å²) in [5, 5.41) is 2.62. The minimum atomic E-state index is -3.75. The Hall–Kier alpha value is -1.22. The van der Waals surface area contributed by atoms with E-state index >= 15 is 0 Å². The molecule has 29 heavy (non-hydrogen) atoms. The van der Waals surface area contributed by atoms with E-state index in [0.29, 0.717) is 18.3 Å². The molecule has 164 valence electrons. The molecule has 3 heterocycles. The largest absolute Gasteiger partial charge is 0.475 e. The number of ether oxygens (including phenoxy) is 1. The number of nitrogens with zero attached hydrogens (tertiary/aromatic N) is 1. The minimum Gasteiger partial charge on any atom is -0.347 e. The smallest absolute Gasteiger partial charge is 0.347 e. The molecule has 0 aliphatic carbocycles. The van der Waals surface area contributed by atoms with E-state index < -0.39 is 31.8 Å². The third-order valence-corrected chi connectivity index (χ3v) is 6.92. The van der Waals surface area contributed by atoms with Crippen molar-refractivity contribution in [1.29, 1.82) is 0 Å². The predicted molar refractivity (Wildman–Crippen MR) is 107 cm³/mol. The number of hydrogen-bond acceptors (Lipinski definition) is 8. The number of phosphoric acid groups is 1. The van der Waals surface area contributed by atoms with Crippen molar-refractivity contribution in [2.75, 3.05) is 13.2 Å². The molecule has 0 spiro atoms. The predicted octanol–water partition coefficient (Wildman–Crippen LogP) is 2.60. The highest BCUT2D eigenvalue weighted by molar-refractivity contribution is 7.48. The van der Waals surface area contributed by atoms with E-state index in [2.05, 4.69) is 25.7 Å². The number of fused-ring (bicyclic) bond motifs is 1. The summed E-state index contributed by atoms with van der Waals surface area (Å²) in [4.78, 5) is 13.1.